The van der Waals surface area contributed by atoms with Crippen molar-refractivity contribution >= 4 is 11.9 Å². The second kappa shape index (κ2) is 7.52. The minimum Gasteiger partial charge on any atom is -0.480 e. The molecule has 126 valence electrons. The van der Waals surface area contributed by atoms with Gasteiger partial charge in [0.1, 0.15) is 17.9 Å². The number of carbonyl (C=O) groups is 2. The minimum atomic E-state index is -1.10. The molecule has 1 N–H and O–H groups in total. The van der Waals surface area contributed by atoms with Gasteiger partial charge in [0.2, 0.25) is 5.91 Å². The third kappa shape index (κ3) is 3.86. The van der Waals surface area contributed by atoms with Crippen LogP contribution in [-0.4, -0.2) is 66.2 Å². The molecule has 0 unspecified atom stereocenters. The lowest BCUT2D eigenvalue weighted by atomic mass is 10.0. The van der Waals surface area contributed by atoms with Crippen LogP contribution in [0.3, 0.4) is 0 Å². The van der Waals surface area contributed by atoms with Gasteiger partial charge in [0.25, 0.3) is 0 Å². The van der Waals surface area contributed by atoms with Crippen molar-refractivity contribution in [2.75, 3.05) is 33.4 Å². The van der Waals surface area contributed by atoms with Crippen molar-refractivity contribution < 1.29 is 23.8 Å². The molecule has 1 heterocycles. The summed E-state index contributed by atoms with van der Waals surface area (Å²) >= 11 is 0. The molecule has 0 bridgehead atoms. The van der Waals surface area contributed by atoms with Crippen molar-refractivity contribution in [2.45, 2.75) is 19.0 Å². The zero-order valence-electron chi connectivity index (χ0n) is 13.2. The molecular weight excluding hydrogens is 303 g/mol. The number of carbonyl (C=O) groups excluding carboxylic acids is 1. The number of likely N-dealkylation sites (N-methyl/N-ethyl adjacent to an activating group) is 1. The van der Waals surface area contributed by atoms with Gasteiger partial charge in [-0.15, -0.1) is 0 Å². The molecule has 0 saturated carbocycles. The molecule has 23 heavy (non-hydrogen) atoms. The number of hydrogen-bond donors (Lipinski definition) is 1. The molecule has 0 aromatic heterocycles. The summed E-state index contributed by atoms with van der Waals surface area (Å²) in [5.74, 6) is -2.02. The lowest BCUT2D eigenvalue weighted by Crippen LogP contribution is -2.50. The van der Waals surface area contributed by atoms with Crippen LogP contribution in [-0.2, 0) is 14.3 Å². The van der Waals surface area contributed by atoms with Gasteiger partial charge in [-0.3, -0.25) is 9.69 Å². The van der Waals surface area contributed by atoms with E-state index in [4.69, 9.17) is 9.84 Å². The Bertz CT molecular complexity index is 575. The quantitative estimate of drug-likeness (QED) is 0.879. The van der Waals surface area contributed by atoms with E-state index in [1.54, 1.807) is 18.2 Å². The first kappa shape index (κ1) is 17.4. The van der Waals surface area contributed by atoms with Gasteiger partial charge in [-0.05, 0) is 13.0 Å². The van der Waals surface area contributed by atoms with Gasteiger partial charge in [-0.25, -0.2) is 9.18 Å². The molecule has 2 rings (SSSR count). The molecule has 1 aromatic carbocycles. The Labute approximate surface area is 134 Å². The van der Waals surface area contributed by atoms with Crippen molar-refractivity contribution in [1.29, 1.82) is 0 Å². The molecule has 1 aromatic rings. The lowest BCUT2D eigenvalue weighted by Gasteiger charge is -2.36. The number of carboxylic acids is 1. The van der Waals surface area contributed by atoms with Crippen LogP contribution < -0.4 is 0 Å². The highest BCUT2D eigenvalue weighted by Crippen LogP contribution is 2.26. The lowest BCUT2D eigenvalue weighted by molar-refractivity contribution is -0.151. The molecule has 0 spiro atoms. The van der Waals surface area contributed by atoms with Gasteiger partial charge < -0.3 is 14.7 Å². The third-order valence-corrected chi connectivity index (χ3v) is 4.13. The first-order chi connectivity index (χ1) is 10.9. The third-order valence-electron chi connectivity index (χ3n) is 4.13. The van der Waals surface area contributed by atoms with E-state index in [0.717, 1.165) is 4.90 Å². The first-order valence-electron chi connectivity index (χ1n) is 7.49. The van der Waals surface area contributed by atoms with Crippen LogP contribution in [0.25, 0.3) is 0 Å². The summed E-state index contributed by atoms with van der Waals surface area (Å²) in [7, 11) is 1.43. The highest BCUT2D eigenvalue weighted by molar-refractivity contribution is 5.87. The number of carboxylic acid groups (broad SMARTS) is 1. The van der Waals surface area contributed by atoms with Crippen LogP contribution in [0.15, 0.2) is 24.3 Å². The predicted octanol–water partition coefficient (Wildman–Crippen LogP) is 1.13. The number of hydrogen-bond acceptors (Lipinski definition) is 4. The Balaban J connectivity index is 2.35. The fourth-order valence-electron chi connectivity index (χ4n) is 2.57. The second-order valence-electron chi connectivity index (χ2n) is 5.54. The number of rotatable bonds is 5. The van der Waals surface area contributed by atoms with Gasteiger partial charge in [0, 0.05) is 25.7 Å². The maximum absolute atomic E-state index is 14.2. The van der Waals surface area contributed by atoms with E-state index in [-0.39, 0.29) is 5.56 Å². The van der Waals surface area contributed by atoms with Gasteiger partial charge in [-0.1, -0.05) is 18.2 Å². The van der Waals surface area contributed by atoms with E-state index < -0.39 is 29.8 Å². The average molecular weight is 324 g/mol. The number of ether oxygens (including phenoxy) is 1. The zero-order valence-corrected chi connectivity index (χ0v) is 13.2. The standard InChI is InChI=1S/C16H21FN2O4/c1-11(16(21)22)18(2)15(20)14(19-7-9-23-10-8-19)12-5-3-4-6-13(12)17/h3-6,11,14H,7-10H2,1-2H3,(H,21,22)/t11-,14-/m1/s1. The van der Waals surface area contributed by atoms with Crippen LogP contribution in [0.4, 0.5) is 4.39 Å². The van der Waals surface area contributed by atoms with E-state index in [1.165, 1.54) is 20.0 Å². The normalized spacial score (nSPS) is 18.2. The van der Waals surface area contributed by atoms with Crippen molar-refractivity contribution in [3.8, 4) is 0 Å². The van der Waals surface area contributed by atoms with Crippen molar-refractivity contribution in [3.05, 3.63) is 35.6 Å². The summed E-state index contributed by atoms with van der Waals surface area (Å²) in [6, 6.07) is 4.25. The number of halogens is 1. The fraction of sp³-hybridized carbons (Fsp3) is 0.500. The highest BCUT2D eigenvalue weighted by atomic mass is 19.1. The Morgan fingerprint density at radius 1 is 1.30 bits per heavy atom. The van der Waals surface area contributed by atoms with Crippen molar-refractivity contribution in [2.24, 2.45) is 0 Å². The maximum Gasteiger partial charge on any atom is 0.326 e. The molecule has 0 aliphatic carbocycles. The first-order valence-corrected chi connectivity index (χ1v) is 7.49. The maximum atomic E-state index is 14.2. The Hall–Kier alpha value is -1.99. The summed E-state index contributed by atoms with van der Waals surface area (Å²) in [4.78, 5) is 27.0. The van der Waals surface area contributed by atoms with Gasteiger partial charge in [0.05, 0.1) is 13.2 Å². The van der Waals surface area contributed by atoms with Crippen LogP contribution in [0.2, 0.25) is 0 Å². The highest BCUT2D eigenvalue weighted by Gasteiger charge is 2.35. The van der Waals surface area contributed by atoms with Gasteiger partial charge in [-0.2, -0.15) is 0 Å². The summed E-state index contributed by atoms with van der Waals surface area (Å²) < 4.78 is 19.5. The second-order valence-corrected chi connectivity index (χ2v) is 5.54. The molecular formula is C16H21FN2O4. The molecule has 0 radical (unpaired) electrons. The molecule has 7 heteroatoms. The molecule has 1 fully saturated rings. The molecule has 1 aliphatic rings. The molecule has 2 atom stereocenters. The average Bonchev–Trinajstić information content (AvgIpc) is 2.56. The predicted molar refractivity (Wildman–Crippen MR) is 81.4 cm³/mol. The monoisotopic (exact) mass is 324 g/mol. The summed E-state index contributed by atoms with van der Waals surface area (Å²) in [6.07, 6.45) is 0. The smallest absolute Gasteiger partial charge is 0.326 e. The largest absolute Gasteiger partial charge is 0.480 e. The van der Waals surface area contributed by atoms with Crippen LogP contribution in [0.5, 0.6) is 0 Å². The number of aliphatic carboxylic acids is 1. The van der Waals surface area contributed by atoms with Gasteiger partial charge >= 0.3 is 5.97 Å². The number of nitrogens with zero attached hydrogens (tertiary/aromatic N) is 2. The Morgan fingerprint density at radius 3 is 2.48 bits per heavy atom. The Morgan fingerprint density at radius 2 is 1.91 bits per heavy atom. The van der Waals surface area contributed by atoms with E-state index in [9.17, 15) is 14.0 Å². The van der Waals surface area contributed by atoms with Crippen molar-refractivity contribution in [1.82, 2.24) is 9.80 Å². The van der Waals surface area contributed by atoms with E-state index in [1.807, 2.05) is 4.90 Å². The van der Waals surface area contributed by atoms with Crippen LogP contribution in [0, 0.1) is 5.82 Å². The van der Waals surface area contributed by atoms with Crippen LogP contribution in [0.1, 0.15) is 18.5 Å². The number of morpholine rings is 1. The zero-order chi connectivity index (χ0) is 17.0. The Kier molecular flexibility index (Phi) is 5.68. The molecule has 1 amide bonds. The molecule has 6 nitrogen and oxygen atoms in total. The fourth-order valence-corrected chi connectivity index (χ4v) is 2.57. The van der Waals surface area contributed by atoms with Gasteiger partial charge in [0.15, 0.2) is 0 Å². The summed E-state index contributed by atoms with van der Waals surface area (Å²) in [5, 5.41) is 9.12. The molecule has 1 saturated heterocycles. The number of amides is 1. The van der Waals surface area contributed by atoms with E-state index >= 15 is 0 Å². The topological polar surface area (TPSA) is 70.1 Å². The molecule has 1 aliphatic heterocycles. The van der Waals surface area contributed by atoms with E-state index in [0.29, 0.717) is 26.3 Å². The van der Waals surface area contributed by atoms with Crippen molar-refractivity contribution in [3.63, 3.8) is 0 Å². The number of benzene rings is 1. The van der Waals surface area contributed by atoms with Crippen LogP contribution >= 0.6 is 0 Å². The minimum absolute atomic E-state index is 0.254. The van der Waals surface area contributed by atoms with E-state index in [2.05, 4.69) is 0 Å². The SMILES string of the molecule is C[C@H](C(=O)O)N(C)C(=O)[C@@H](c1ccccc1F)N1CCOCC1. The summed E-state index contributed by atoms with van der Waals surface area (Å²) in [6.45, 7) is 3.31. The summed E-state index contributed by atoms with van der Waals surface area (Å²) in [5.41, 5.74) is 0.254.